The molecule has 6 heteroatoms. The fraction of sp³-hybridized carbons (Fsp3) is 0.211. The van der Waals surface area contributed by atoms with Gasteiger partial charge in [0, 0.05) is 50.3 Å². The predicted octanol–water partition coefficient (Wildman–Crippen LogP) is 1.98. The number of benzene rings is 1. The minimum atomic E-state index is 0.0162. The van der Waals surface area contributed by atoms with Gasteiger partial charge in [-0.3, -0.25) is 9.78 Å². The molecule has 0 saturated carbocycles. The number of rotatable bonds is 3. The molecule has 1 N–H and O–H groups in total. The fourth-order valence-electron chi connectivity index (χ4n) is 3.00. The van der Waals surface area contributed by atoms with Gasteiger partial charge in [-0.1, -0.05) is 18.2 Å². The second-order valence-electron chi connectivity index (χ2n) is 5.96. The van der Waals surface area contributed by atoms with Crippen molar-refractivity contribution in [1.29, 1.82) is 0 Å². The van der Waals surface area contributed by atoms with E-state index in [1.54, 1.807) is 17.1 Å². The summed E-state index contributed by atoms with van der Waals surface area (Å²) in [4.78, 5) is 19.1. The third-order valence-corrected chi connectivity index (χ3v) is 4.30. The highest BCUT2D eigenvalue weighted by molar-refractivity contribution is 6.00. The van der Waals surface area contributed by atoms with Crippen molar-refractivity contribution >= 4 is 5.91 Å². The van der Waals surface area contributed by atoms with Crippen LogP contribution in [0.25, 0.3) is 16.9 Å². The van der Waals surface area contributed by atoms with E-state index in [4.69, 9.17) is 0 Å². The molecule has 0 aliphatic carbocycles. The largest absolute Gasteiger partial charge is 0.336 e. The summed E-state index contributed by atoms with van der Waals surface area (Å²) in [5, 5.41) is 7.95. The molecule has 0 spiro atoms. The van der Waals surface area contributed by atoms with E-state index in [-0.39, 0.29) is 5.91 Å². The number of para-hydroxylation sites is 1. The van der Waals surface area contributed by atoms with E-state index >= 15 is 0 Å². The zero-order chi connectivity index (χ0) is 17.1. The molecule has 25 heavy (non-hydrogen) atoms. The Balaban J connectivity index is 1.78. The molecule has 1 aliphatic rings. The third kappa shape index (κ3) is 3.16. The van der Waals surface area contributed by atoms with Crippen molar-refractivity contribution in [3.8, 4) is 16.9 Å². The summed E-state index contributed by atoms with van der Waals surface area (Å²) < 4.78 is 1.76. The van der Waals surface area contributed by atoms with Gasteiger partial charge in [0.05, 0.1) is 11.3 Å². The first-order chi connectivity index (χ1) is 12.3. The first kappa shape index (κ1) is 15.5. The normalized spacial score (nSPS) is 14.5. The van der Waals surface area contributed by atoms with E-state index < -0.39 is 0 Å². The van der Waals surface area contributed by atoms with Crippen molar-refractivity contribution in [3.05, 3.63) is 66.6 Å². The van der Waals surface area contributed by atoms with E-state index in [0.29, 0.717) is 24.3 Å². The van der Waals surface area contributed by atoms with Crippen LogP contribution in [-0.2, 0) is 0 Å². The number of pyridine rings is 1. The fourth-order valence-corrected chi connectivity index (χ4v) is 3.00. The lowest BCUT2D eigenvalue weighted by Crippen LogP contribution is -2.46. The Bertz CT molecular complexity index is 854. The summed E-state index contributed by atoms with van der Waals surface area (Å²) in [6.07, 6.45) is 5.28. The van der Waals surface area contributed by atoms with Crippen LogP contribution in [0.4, 0.5) is 0 Å². The van der Waals surface area contributed by atoms with E-state index in [1.807, 2.05) is 53.6 Å². The van der Waals surface area contributed by atoms with Crippen LogP contribution >= 0.6 is 0 Å². The van der Waals surface area contributed by atoms with Crippen LogP contribution in [0.5, 0.6) is 0 Å². The molecule has 0 atom stereocenters. The van der Waals surface area contributed by atoms with Gasteiger partial charge < -0.3 is 10.2 Å². The smallest absolute Gasteiger partial charge is 0.257 e. The molecule has 1 fully saturated rings. The van der Waals surface area contributed by atoms with E-state index in [9.17, 15) is 4.79 Å². The number of aromatic nitrogens is 3. The number of amides is 1. The van der Waals surface area contributed by atoms with Gasteiger partial charge in [-0.05, 0) is 24.3 Å². The van der Waals surface area contributed by atoms with Crippen LogP contribution in [-0.4, -0.2) is 51.8 Å². The van der Waals surface area contributed by atoms with Crippen LogP contribution in [0, 0.1) is 0 Å². The maximum absolute atomic E-state index is 13.1. The van der Waals surface area contributed by atoms with E-state index in [1.165, 1.54) is 0 Å². The Morgan fingerprint density at radius 2 is 1.84 bits per heavy atom. The van der Waals surface area contributed by atoms with Crippen LogP contribution in [0.1, 0.15) is 10.4 Å². The quantitative estimate of drug-likeness (QED) is 0.796. The Hall–Kier alpha value is -2.99. The molecular formula is C19H19N5O. The summed E-state index contributed by atoms with van der Waals surface area (Å²) in [6.45, 7) is 3.06. The average Bonchev–Trinajstić information content (AvgIpc) is 3.15. The molecule has 4 rings (SSSR count). The topological polar surface area (TPSA) is 63.1 Å². The molecule has 1 saturated heterocycles. The second kappa shape index (κ2) is 6.86. The van der Waals surface area contributed by atoms with Crippen molar-refractivity contribution in [3.63, 3.8) is 0 Å². The molecule has 2 aromatic heterocycles. The van der Waals surface area contributed by atoms with Crippen LogP contribution in [0.3, 0.4) is 0 Å². The first-order valence-electron chi connectivity index (χ1n) is 8.38. The summed E-state index contributed by atoms with van der Waals surface area (Å²) in [5.74, 6) is 0.0162. The van der Waals surface area contributed by atoms with Crippen LogP contribution in [0.2, 0.25) is 0 Å². The zero-order valence-electron chi connectivity index (χ0n) is 13.8. The van der Waals surface area contributed by atoms with Gasteiger partial charge in [-0.25, -0.2) is 4.68 Å². The maximum Gasteiger partial charge on any atom is 0.257 e. The predicted molar refractivity (Wildman–Crippen MR) is 95.6 cm³/mol. The van der Waals surface area contributed by atoms with E-state index in [2.05, 4.69) is 15.4 Å². The lowest BCUT2D eigenvalue weighted by atomic mass is 10.1. The SMILES string of the molecule is O=C(c1cn(-c2ccccc2)nc1-c1cccnc1)N1CCNCC1. The molecule has 1 amide bonds. The van der Waals surface area contributed by atoms with E-state index in [0.717, 1.165) is 24.3 Å². The van der Waals surface area contributed by atoms with Crippen molar-refractivity contribution in [2.75, 3.05) is 26.2 Å². The lowest BCUT2D eigenvalue weighted by Gasteiger charge is -2.27. The highest BCUT2D eigenvalue weighted by Gasteiger charge is 2.24. The minimum Gasteiger partial charge on any atom is -0.336 e. The number of carbonyl (C=O) groups is 1. The average molecular weight is 333 g/mol. The Morgan fingerprint density at radius 3 is 2.56 bits per heavy atom. The Labute approximate surface area is 146 Å². The van der Waals surface area contributed by atoms with Gasteiger partial charge >= 0.3 is 0 Å². The minimum absolute atomic E-state index is 0.0162. The number of carbonyl (C=O) groups excluding carboxylic acids is 1. The molecule has 1 aromatic carbocycles. The van der Waals surface area contributed by atoms with Crippen molar-refractivity contribution < 1.29 is 4.79 Å². The molecule has 1 aliphatic heterocycles. The first-order valence-corrected chi connectivity index (χ1v) is 8.38. The second-order valence-corrected chi connectivity index (χ2v) is 5.96. The molecule has 3 heterocycles. The Kier molecular flexibility index (Phi) is 4.26. The van der Waals surface area contributed by atoms with Crippen molar-refractivity contribution in [2.45, 2.75) is 0 Å². The van der Waals surface area contributed by atoms with Gasteiger partial charge in [0.1, 0.15) is 5.69 Å². The monoisotopic (exact) mass is 333 g/mol. The summed E-state index contributed by atoms with van der Waals surface area (Å²) in [7, 11) is 0. The van der Waals surface area contributed by atoms with Crippen molar-refractivity contribution in [1.82, 2.24) is 25.0 Å². The standard InChI is InChI=1S/C19H19N5O/c25-19(23-11-9-20-10-12-23)17-14-24(16-6-2-1-3-7-16)22-18(17)15-5-4-8-21-13-15/h1-8,13-14,20H,9-12H2. The summed E-state index contributed by atoms with van der Waals surface area (Å²) in [5.41, 5.74) is 3.04. The highest BCUT2D eigenvalue weighted by Crippen LogP contribution is 2.24. The molecule has 6 nitrogen and oxygen atoms in total. The lowest BCUT2D eigenvalue weighted by molar-refractivity contribution is 0.0736. The number of nitrogens with zero attached hydrogens (tertiary/aromatic N) is 4. The molecule has 0 radical (unpaired) electrons. The molecule has 0 unspecified atom stereocenters. The number of piperazine rings is 1. The van der Waals surface area contributed by atoms with Gasteiger partial charge in [-0.15, -0.1) is 0 Å². The zero-order valence-corrected chi connectivity index (χ0v) is 13.8. The van der Waals surface area contributed by atoms with Crippen molar-refractivity contribution in [2.24, 2.45) is 0 Å². The molecular weight excluding hydrogens is 314 g/mol. The van der Waals surface area contributed by atoms with Crippen LogP contribution in [0.15, 0.2) is 61.1 Å². The number of hydrogen-bond donors (Lipinski definition) is 1. The summed E-state index contributed by atoms with van der Waals surface area (Å²) >= 11 is 0. The van der Waals surface area contributed by atoms with Gasteiger partial charge in [0.2, 0.25) is 0 Å². The van der Waals surface area contributed by atoms with Crippen LogP contribution < -0.4 is 5.32 Å². The third-order valence-electron chi connectivity index (χ3n) is 4.30. The Morgan fingerprint density at radius 1 is 1.04 bits per heavy atom. The van der Waals surface area contributed by atoms with Gasteiger partial charge in [-0.2, -0.15) is 5.10 Å². The molecule has 0 bridgehead atoms. The molecule has 3 aromatic rings. The highest BCUT2D eigenvalue weighted by atomic mass is 16.2. The van der Waals surface area contributed by atoms with Gasteiger partial charge in [0.15, 0.2) is 0 Å². The van der Waals surface area contributed by atoms with Gasteiger partial charge in [0.25, 0.3) is 5.91 Å². The maximum atomic E-state index is 13.1. The number of nitrogens with one attached hydrogen (secondary N) is 1. The molecule has 126 valence electrons. The summed E-state index contributed by atoms with van der Waals surface area (Å²) in [6, 6.07) is 13.6. The number of hydrogen-bond acceptors (Lipinski definition) is 4.